The fraction of sp³-hybridized carbons (Fsp3) is 0.136. The quantitative estimate of drug-likeness (QED) is 0.617. The average molecular weight is 395 g/mol. The molecular formula is C22H21NO4S. The molecule has 0 fully saturated rings. The molecule has 0 unspecified atom stereocenters. The van der Waals surface area contributed by atoms with Crippen molar-refractivity contribution >= 4 is 21.4 Å². The molecule has 0 radical (unpaired) electrons. The van der Waals surface area contributed by atoms with Gasteiger partial charge >= 0.3 is 0 Å². The Balaban J connectivity index is 1.72. The van der Waals surface area contributed by atoms with Crippen molar-refractivity contribution in [1.82, 2.24) is 0 Å². The van der Waals surface area contributed by atoms with Crippen molar-refractivity contribution in [2.45, 2.75) is 18.2 Å². The van der Waals surface area contributed by atoms with Crippen LogP contribution in [0, 0.1) is 0 Å². The zero-order chi connectivity index (χ0) is 20.1. The molecule has 0 aliphatic heterocycles. The highest BCUT2D eigenvalue weighted by atomic mass is 32.2. The van der Waals surface area contributed by atoms with Crippen LogP contribution in [0.1, 0.15) is 12.5 Å². The van der Waals surface area contributed by atoms with Crippen LogP contribution in [-0.4, -0.2) is 25.2 Å². The van der Waals surface area contributed by atoms with Gasteiger partial charge in [-0.15, -0.1) is 0 Å². The molecule has 0 aromatic heterocycles. The predicted molar refractivity (Wildman–Crippen MR) is 110 cm³/mol. The van der Waals surface area contributed by atoms with Gasteiger partial charge in [-0.25, -0.2) is 8.42 Å². The van der Waals surface area contributed by atoms with Gasteiger partial charge in [-0.1, -0.05) is 61.5 Å². The third-order valence-electron chi connectivity index (χ3n) is 4.41. The topological polar surface area (TPSA) is 83.5 Å². The van der Waals surface area contributed by atoms with E-state index in [2.05, 4.69) is 5.32 Å². The van der Waals surface area contributed by atoms with Gasteiger partial charge in [0.25, 0.3) is 0 Å². The molecule has 3 aromatic carbocycles. The first-order valence-electron chi connectivity index (χ1n) is 8.89. The SMILES string of the molecule is CCS(=O)(=O)c1ccc(O)c(NC(=O)Cc2ccc(-c3ccccc3)cc2)c1. The van der Waals surface area contributed by atoms with Gasteiger partial charge in [-0.3, -0.25) is 4.79 Å². The summed E-state index contributed by atoms with van der Waals surface area (Å²) < 4.78 is 24.0. The summed E-state index contributed by atoms with van der Waals surface area (Å²) in [6.07, 6.45) is 0.110. The smallest absolute Gasteiger partial charge is 0.228 e. The molecule has 0 saturated heterocycles. The van der Waals surface area contributed by atoms with Gasteiger partial charge in [-0.2, -0.15) is 0 Å². The number of anilines is 1. The molecular weight excluding hydrogens is 374 g/mol. The van der Waals surface area contributed by atoms with E-state index < -0.39 is 9.84 Å². The van der Waals surface area contributed by atoms with E-state index in [-0.39, 0.29) is 34.4 Å². The summed E-state index contributed by atoms with van der Waals surface area (Å²) >= 11 is 0. The van der Waals surface area contributed by atoms with Crippen molar-refractivity contribution in [2.75, 3.05) is 11.1 Å². The normalized spacial score (nSPS) is 11.2. The van der Waals surface area contributed by atoms with E-state index in [1.165, 1.54) is 18.2 Å². The van der Waals surface area contributed by atoms with Crippen LogP contribution < -0.4 is 5.32 Å². The van der Waals surface area contributed by atoms with Gasteiger partial charge in [-0.05, 0) is 34.9 Å². The largest absolute Gasteiger partial charge is 0.506 e. The lowest BCUT2D eigenvalue weighted by molar-refractivity contribution is -0.115. The van der Waals surface area contributed by atoms with E-state index in [1.54, 1.807) is 6.92 Å². The Kier molecular flexibility index (Phi) is 5.80. The summed E-state index contributed by atoms with van der Waals surface area (Å²) in [7, 11) is -3.43. The van der Waals surface area contributed by atoms with Crippen LogP contribution in [0.25, 0.3) is 11.1 Å². The lowest BCUT2D eigenvalue weighted by atomic mass is 10.0. The number of sulfone groups is 1. The predicted octanol–water partition coefficient (Wildman–Crippen LogP) is 4.03. The molecule has 144 valence electrons. The molecule has 0 atom stereocenters. The average Bonchev–Trinajstić information content (AvgIpc) is 2.70. The molecule has 0 aliphatic carbocycles. The van der Waals surface area contributed by atoms with E-state index in [4.69, 9.17) is 0 Å². The third-order valence-corrected chi connectivity index (χ3v) is 6.14. The molecule has 0 spiro atoms. The van der Waals surface area contributed by atoms with Gasteiger partial charge in [0.05, 0.1) is 22.8 Å². The fourth-order valence-electron chi connectivity index (χ4n) is 2.80. The fourth-order valence-corrected chi connectivity index (χ4v) is 3.71. The van der Waals surface area contributed by atoms with Crippen molar-refractivity contribution in [1.29, 1.82) is 0 Å². The number of nitrogens with one attached hydrogen (secondary N) is 1. The molecule has 0 saturated carbocycles. The van der Waals surface area contributed by atoms with Gasteiger partial charge in [0.2, 0.25) is 5.91 Å². The van der Waals surface area contributed by atoms with E-state index >= 15 is 0 Å². The maximum absolute atomic E-state index is 12.3. The highest BCUT2D eigenvalue weighted by molar-refractivity contribution is 7.91. The number of rotatable bonds is 6. The maximum Gasteiger partial charge on any atom is 0.228 e. The standard InChI is InChI=1S/C22H21NO4S/c1-2-28(26,27)19-12-13-21(24)20(15-19)23-22(25)14-16-8-10-18(11-9-16)17-6-4-3-5-7-17/h3-13,15,24H,2,14H2,1H3,(H,23,25). The minimum atomic E-state index is -3.43. The molecule has 2 N–H and O–H groups in total. The van der Waals surface area contributed by atoms with E-state index in [1.807, 2.05) is 54.6 Å². The van der Waals surface area contributed by atoms with Crippen LogP contribution >= 0.6 is 0 Å². The van der Waals surface area contributed by atoms with E-state index in [0.29, 0.717) is 0 Å². The monoisotopic (exact) mass is 395 g/mol. The van der Waals surface area contributed by atoms with Gasteiger partial charge in [0.15, 0.2) is 9.84 Å². The van der Waals surface area contributed by atoms with Gasteiger partial charge in [0, 0.05) is 0 Å². The summed E-state index contributed by atoms with van der Waals surface area (Å²) in [5, 5.41) is 12.5. The lowest BCUT2D eigenvalue weighted by Gasteiger charge is -2.10. The number of phenols is 1. The van der Waals surface area contributed by atoms with Crippen molar-refractivity contribution in [2.24, 2.45) is 0 Å². The highest BCUT2D eigenvalue weighted by Crippen LogP contribution is 2.27. The zero-order valence-corrected chi connectivity index (χ0v) is 16.2. The van der Waals surface area contributed by atoms with E-state index in [0.717, 1.165) is 16.7 Å². The number of aromatic hydroxyl groups is 1. The summed E-state index contributed by atoms with van der Waals surface area (Å²) in [5.74, 6) is -0.574. The number of carbonyl (C=O) groups excluding carboxylic acids is 1. The van der Waals surface area contributed by atoms with Crippen molar-refractivity contribution in [3.05, 3.63) is 78.4 Å². The molecule has 3 aromatic rings. The minimum Gasteiger partial charge on any atom is -0.506 e. The molecule has 28 heavy (non-hydrogen) atoms. The Bertz CT molecular complexity index is 1080. The molecule has 6 heteroatoms. The molecule has 3 rings (SSSR count). The number of hydrogen-bond donors (Lipinski definition) is 2. The highest BCUT2D eigenvalue weighted by Gasteiger charge is 2.15. The number of hydrogen-bond acceptors (Lipinski definition) is 4. The van der Waals surface area contributed by atoms with Crippen LogP contribution in [0.3, 0.4) is 0 Å². The first-order chi connectivity index (χ1) is 13.4. The zero-order valence-electron chi connectivity index (χ0n) is 15.4. The second-order valence-corrected chi connectivity index (χ2v) is 8.65. The lowest BCUT2D eigenvalue weighted by Crippen LogP contribution is -2.15. The maximum atomic E-state index is 12.3. The van der Waals surface area contributed by atoms with Crippen LogP contribution in [0.15, 0.2) is 77.7 Å². The Labute approximate surface area is 164 Å². The summed E-state index contributed by atoms with van der Waals surface area (Å²) in [6.45, 7) is 1.54. The third kappa shape index (κ3) is 4.58. The van der Waals surface area contributed by atoms with Gasteiger partial charge in [0.1, 0.15) is 5.75 Å². The van der Waals surface area contributed by atoms with E-state index in [9.17, 15) is 18.3 Å². The molecule has 0 aliphatic rings. The second-order valence-electron chi connectivity index (χ2n) is 6.37. The molecule has 1 amide bonds. The second kappa shape index (κ2) is 8.27. The Morgan fingerprint density at radius 2 is 1.57 bits per heavy atom. The van der Waals surface area contributed by atoms with Crippen molar-refractivity contribution in [3.8, 4) is 16.9 Å². The summed E-state index contributed by atoms with van der Waals surface area (Å²) in [5.41, 5.74) is 3.05. The number of benzene rings is 3. The Morgan fingerprint density at radius 3 is 2.21 bits per heavy atom. The molecule has 0 bridgehead atoms. The number of carbonyl (C=O) groups is 1. The number of amides is 1. The van der Waals surface area contributed by atoms with Crippen LogP contribution in [-0.2, 0) is 21.1 Å². The Hall–Kier alpha value is -3.12. The Morgan fingerprint density at radius 1 is 0.929 bits per heavy atom. The van der Waals surface area contributed by atoms with Crippen molar-refractivity contribution < 1.29 is 18.3 Å². The molecule has 0 heterocycles. The minimum absolute atomic E-state index is 0.0566. The van der Waals surface area contributed by atoms with Crippen LogP contribution in [0.5, 0.6) is 5.75 Å². The van der Waals surface area contributed by atoms with Crippen molar-refractivity contribution in [3.63, 3.8) is 0 Å². The summed E-state index contributed by atoms with van der Waals surface area (Å²) in [4.78, 5) is 12.4. The molecule has 5 nitrogen and oxygen atoms in total. The van der Waals surface area contributed by atoms with Crippen LogP contribution in [0.2, 0.25) is 0 Å². The number of phenolic OH excluding ortho intramolecular Hbond substituents is 1. The first-order valence-corrected chi connectivity index (χ1v) is 10.5. The first kappa shape index (κ1) is 19.6. The summed E-state index contributed by atoms with van der Waals surface area (Å²) in [6, 6.07) is 21.4. The van der Waals surface area contributed by atoms with Crippen LogP contribution in [0.4, 0.5) is 5.69 Å². The van der Waals surface area contributed by atoms with Gasteiger partial charge < -0.3 is 10.4 Å².